The maximum atomic E-state index is 5.94. The average molecular weight is 376 g/mol. The molecule has 28 heavy (non-hydrogen) atoms. The summed E-state index contributed by atoms with van der Waals surface area (Å²) in [4.78, 5) is 13.1. The van der Waals surface area contributed by atoms with E-state index in [0.29, 0.717) is 12.4 Å². The molecule has 0 saturated carbocycles. The summed E-state index contributed by atoms with van der Waals surface area (Å²) < 4.78 is 7.29. The van der Waals surface area contributed by atoms with Gasteiger partial charge in [0, 0.05) is 11.8 Å². The fourth-order valence-electron chi connectivity index (χ4n) is 2.62. The van der Waals surface area contributed by atoms with Crippen molar-refractivity contribution in [3.63, 3.8) is 0 Å². The summed E-state index contributed by atoms with van der Waals surface area (Å²) >= 11 is 0. The van der Waals surface area contributed by atoms with Gasteiger partial charge < -0.3 is 10.5 Å². The first-order valence-electron chi connectivity index (χ1n) is 9.41. The molecule has 0 amide bonds. The lowest BCUT2D eigenvalue weighted by molar-refractivity contribution is 0.316. The largest absolute Gasteiger partial charge is 0.492 e. The van der Waals surface area contributed by atoms with Crippen LogP contribution in [0.1, 0.15) is 27.2 Å². The summed E-state index contributed by atoms with van der Waals surface area (Å²) in [5.41, 5.74) is 9.72. The second-order valence-electron chi connectivity index (χ2n) is 5.81. The summed E-state index contributed by atoms with van der Waals surface area (Å²) in [6.07, 6.45) is 6.17. The van der Waals surface area contributed by atoms with E-state index in [4.69, 9.17) is 10.5 Å². The Morgan fingerprint density at radius 2 is 1.82 bits per heavy atom. The number of fused-ring (bicyclic) bond motifs is 1. The van der Waals surface area contributed by atoms with Gasteiger partial charge in [0.05, 0.1) is 30.4 Å². The van der Waals surface area contributed by atoms with Crippen LogP contribution in [0.15, 0.2) is 55.0 Å². The summed E-state index contributed by atoms with van der Waals surface area (Å²) in [6, 6.07) is 11.3. The standard InChI is InChI=1S/C19H18N6O.C2H6/c1-2-10-26-13-5-6-15(22-11-13)16-7-8-18-23-17(12-25(18)24-16)14-4-3-9-21-19(14)20;1-2/h3-9,11-12H,2,10H2,1H3,(H2,20,21);1-2H3. The molecule has 144 valence electrons. The highest BCUT2D eigenvalue weighted by molar-refractivity contribution is 5.72. The van der Waals surface area contributed by atoms with Crippen LogP contribution in [0.3, 0.4) is 0 Å². The van der Waals surface area contributed by atoms with Crippen LogP contribution in [0.5, 0.6) is 5.75 Å². The maximum absolute atomic E-state index is 5.94. The van der Waals surface area contributed by atoms with Gasteiger partial charge in [0.1, 0.15) is 17.3 Å². The molecule has 0 aliphatic carbocycles. The van der Waals surface area contributed by atoms with Crippen molar-refractivity contribution in [1.82, 2.24) is 24.6 Å². The molecule has 4 rings (SSSR count). The van der Waals surface area contributed by atoms with Gasteiger partial charge in [-0.2, -0.15) is 5.10 Å². The lowest BCUT2D eigenvalue weighted by Gasteiger charge is -2.05. The minimum atomic E-state index is 0.445. The number of ether oxygens (including phenoxy) is 1. The Kier molecular flexibility index (Phi) is 6.16. The van der Waals surface area contributed by atoms with Crippen molar-refractivity contribution >= 4 is 11.5 Å². The third kappa shape index (κ3) is 4.09. The molecule has 2 N–H and O–H groups in total. The highest BCUT2D eigenvalue weighted by Gasteiger charge is 2.10. The molecule has 0 unspecified atom stereocenters. The van der Waals surface area contributed by atoms with Crippen molar-refractivity contribution in [2.24, 2.45) is 0 Å². The van der Waals surface area contributed by atoms with E-state index >= 15 is 0 Å². The number of anilines is 1. The molecule has 0 fully saturated rings. The molecule has 0 spiro atoms. The van der Waals surface area contributed by atoms with Gasteiger partial charge in [-0.3, -0.25) is 4.98 Å². The van der Waals surface area contributed by atoms with E-state index in [0.717, 1.165) is 40.5 Å². The average Bonchev–Trinajstić information content (AvgIpc) is 3.17. The van der Waals surface area contributed by atoms with Crippen LogP contribution in [0.2, 0.25) is 0 Å². The molecule has 7 nitrogen and oxygen atoms in total. The first-order chi connectivity index (χ1) is 13.7. The van der Waals surface area contributed by atoms with Crippen molar-refractivity contribution in [3.8, 4) is 28.4 Å². The predicted octanol–water partition coefficient (Wildman–Crippen LogP) is 4.25. The third-order valence-electron chi connectivity index (χ3n) is 3.91. The van der Waals surface area contributed by atoms with Crippen LogP contribution in [0.4, 0.5) is 5.82 Å². The Bertz CT molecular complexity index is 1040. The predicted molar refractivity (Wildman–Crippen MR) is 111 cm³/mol. The third-order valence-corrected chi connectivity index (χ3v) is 3.91. The van der Waals surface area contributed by atoms with Gasteiger partial charge >= 0.3 is 0 Å². The number of aromatic nitrogens is 5. The molecule has 0 aliphatic rings. The first kappa shape index (κ1) is 19.3. The zero-order valence-electron chi connectivity index (χ0n) is 16.3. The second-order valence-corrected chi connectivity index (χ2v) is 5.81. The Labute approximate surface area is 164 Å². The molecule has 0 bridgehead atoms. The van der Waals surface area contributed by atoms with Crippen LogP contribution in [-0.4, -0.2) is 31.2 Å². The van der Waals surface area contributed by atoms with E-state index in [1.165, 1.54) is 0 Å². The Morgan fingerprint density at radius 3 is 2.54 bits per heavy atom. The molecule has 0 aliphatic heterocycles. The lowest BCUT2D eigenvalue weighted by Crippen LogP contribution is -1.97. The van der Waals surface area contributed by atoms with Gasteiger partial charge in [-0.15, -0.1) is 0 Å². The second kappa shape index (κ2) is 8.94. The molecule has 4 aromatic rings. The molecule has 0 radical (unpaired) electrons. The van der Waals surface area contributed by atoms with Crippen LogP contribution in [0, 0.1) is 0 Å². The molecule has 0 saturated heterocycles. The van der Waals surface area contributed by atoms with Crippen molar-refractivity contribution in [2.75, 3.05) is 12.3 Å². The van der Waals surface area contributed by atoms with Gasteiger partial charge in [-0.05, 0) is 42.8 Å². The van der Waals surface area contributed by atoms with Crippen molar-refractivity contribution < 1.29 is 4.74 Å². The van der Waals surface area contributed by atoms with Crippen LogP contribution in [0.25, 0.3) is 28.3 Å². The van der Waals surface area contributed by atoms with Gasteiger partial charge in [-0.25, -0.2) is 14.5 Å². The summed E-state index contributed by atoms with van der Waals surface area (Å²) in [5, 5.41) is 4.60. The number of nitrogen functional groups attached to an aromatic ring is 1. The summed E-state index contributed by atoms with van der Waals surface area (Å²) in [7, 11) is 0. The Morgan fingerprint density at radius 1 is 1.00 bits per heavy atom. The SMILES string of the molecule is CC.CCCOc1ccc(-c2ccc3nc(-c4cccnc4N)cn3n2)nc1. The molecular formula is C21H24N6O. The fourth-order valence-corrected chi connectivity index (χ4v) is 2.62. The van der Waals surface area contributed by atoms with Gasteiger partial charge in [0.2, 0.25) is 0 Å². The van der Waals surface area contributed by atoms with Gasteiger partial charge in [-0.1, -0.05) is 20.8 Å². The number of hydrogen-bond acceptors (Lipinski definition) is 6. The molecule has 4 aromatic heterocycles. The van der Waals surface area contributed by atoms with Gasteiger partial charge in [0.15, 0.2) is 5.65 Å². The molecule has 7 heteroatoms. The maximum Gasteiger partial charge on any atom is 0.154 e. The lowest BCUT2D eigenvalue weighted by atomic mass is 10.2. The molecule has 0 atom stereocenters. The summed E-state index contributed by atoms with van der Waals surface area (Å²) in [5.74, 6) is 1.20. The monoisotopic (exact) mass is 376 g/mol. The van der Waals surface area contributed by atoms with E-state index in [2.05, 4.69) is 27.0 Å². The smallest absolute Gasteiger partial charge is 0.154 e. The van der Waals surface area contributed by atoms with E-state index in [1.54, 1.807) is 16.9 Å². The van der Waals surface area contributed by atoms with E-state index in [9.17, 15) is 0 Å². The Balaban J connectivity index is 0.00000109. The zero-order chi connectivity index (χ0) is 19.9. The molecule has 0 aromatic carbocycles. The highest BCUT2D eigenvalue weighted by atomic mass is 16.5. The number of imidazole rings is 1. The van der Waals surface area contributed by atoms with Crippen molar-refractivity contribution in [1.29, 1.82) is 0 Å². The van der Waals surface area contributed by atoms with Gasteiger partial charge in [0.25, 0.3) is 0 Å². The van der Waals surface area contributed by atoms with E-state index < -0.39 is 0 Å². The first-order valence-corrected chi connectivity index (χ1v) is 9.41. The minimum Gasteiger partial charge on any atom is -0.492 e. The molecule has 4 heterocycles. The zero-order valence-corrected chi connectivity index (χ0v) is 16.3. The van der Waals surface area contributed by atoms with E-state index in [1.807, 2.05) is 56.4 Å². The minimum absolute atomic E-state index is 0.445. The van der Waals surface area contributed by atoms with Crippen LogP contribution < -0.4 is 10.5 Å². The molecular weight excluding hydrogens is 352 g/mol. The number of nitrogens with zero attached hydrogens (tertiary/aromatic N) is 5. The number of pyridine rings is 2. The topological polar surface area (TPSA) is 91.2 Å². The normalized spacial score (nSPS) is 10.4. The number of rotatable bonds is 5. The number of hydrogen-bond donors (Lipinski definition) is 1. The van der Waals surface area contributed by atoms with Crippen LogP contribution >= 0.6 is 0 Å². The summed E-state index contributed by atoms with van der Waals surface area (Å²) in [6.45, 7) is 6.75. The van der Waals surface area contributed by atoms with Crippen molar-refractivity contribution in [2.45, 2.75) is 27.2 Å². The Hall–Kier alpha value is -3.48. The van der Waals surface area contributed by atoms with E-state index in [-0.39, 0.29) is 0 Å². The fraction of sp³-hybridized carbons (Fsp3) is 0.238. The van der Waals surface area contributed by atoms with Crippen molar-refractivity contribution in [3.05, 3.63) is 55.0 Å². The highest BCUT2D eigenvalue weighted by Crippen LogP contribution is 2.24. The van der Waals surface area contributed by atoms with Crippen LogP contribution in [-0.2, 0) is 0 Å². The number of nitrogens with two attached hydrogens (primary N) is 1. The quantitative estimate of drug-likeness (QED) is 0.560.